The van der Waals surface area contributed by atoms with Crippen LogP contribution in [-0.4, -0.2) is 30.5 Å². The minimum absolute atomic E-state index is 0.0486. The molecule has 0 saturated heterocycles. The number of amides is 1. The van der Waals surface area contributed by atoms with Crippen LogP contribution in [0.3, 0.4) is 0 Å². The Labute approximate surface area is 185 Å². The standard InChI is InChI=1S/C27H22N2O3/c30-16-19-15-29-26-14-18(11-12-20(19)26)6-5-13-28-27(31)32-17-25-23-9-3-1-7-21(23)22-8-2-4-10-24(22)25/h1-12,14-16,25,29H,13,17H2,(H,28,31). The number of H-pyrrole nitrogens is 1. The van der Waals surface area contributed by atoms with Crippen molar-refractivity contribution in [2.75, 3.05) is 13.2 Å². The second kappa shape index (κ2) is 8.55. The summed E-state index contributed by atoms with van der Waals surface area (Å²) in [6.45, 7) is 0.658. The minimum Gasteiger partial charge on any atom is -0.449 e. The first-order chi connectivity index (χ1) is 15.7. The van der Waals surface area contributed by atoms with Crippen molar-refractivity contribution in [3.8, 4) is 11.1 Å². The third kappa shape index (κ3) is 3.69. The molecule has 5 heteroatoms. The highest BCUT2D eigenvalue weighted by Crippen LogP contribution is 2.44. The molecule has 2 N–H and O–H groups in total. The Morgan fingerprint density at radius 3 is 2.44 bits per heavy atom. The summed E-state index contributed by atoms with van der Waals surface area (Å²) >= 11 is 0. The summed E-state index contributed by atoms with van der Waals surface area (Å²) in [4.78, 5) is 26.3. The summed E-state index contributed by atoms with van der Waals surface area (Å²) in [6, 6.07) is 22.4. The van der Waals surface area contributed by atoms with Crippen LogP contribution in [0.4, 0.5) is 4.79 Å². The van der Waals surface area contributed by atoms with Crippen LogP contribution in [0.2, 0.25) is 0 Å². The number of fused-ring (bicyclic) bond motifs is 4. The molecule has 1 heterocycles. The lowest BCUT2D eigenvalue weighted by Crippen LogP contribution is -2.26. The van der Waals surface area contributed by atoms with Crippen LogP contribution in [0.15, 0.2) is 79.0 Å². The second-order valence-electron chi connectivity index (χ2n) is 7.78. The quantitative estimate of drug-likeness (QED) is 0.401. The van der Waals surface area contributed by atoms with E-state index < -0.39 is 6.09 Å². The van der Waals surface area contributed by atoms with Gasteiger partial charge in [0.25, 0.3) is 0 Å². The van der Waals surface area contributed by atoms with E-state index in [-0.39, 0.29) is 5.92 Å². The number of hydrogen-bond donors (Lipinski definition) is 2. The first kappa shape index (κ1) is 19.8. The molecule has 0 spiro atoms. The maximum Gasteiger partial charge on any atom is 0.407 e. The van der Waals surface area contributed by atoms with Crippen molar-refractivity contribution < 1.29 is 14.3 Å². The zero-order chi connectivity index (χ0) is 21.9. The van der Waals surface area contributed by atoms with E-state index in [2.05, 4.69) is 34.6 Å². The Hall–Kier alpha value is -4.12. The molecule has 5 nitrogen and oxygen atoms in total. The molecule has 0 fully saturated rings. The van der Waals surface area contributed by atoms with Crippen molar-refractivity contribution >= 4 is 29.4 Å². The maximum atomic E-state index is 12.2. The molecule has 1 amide bonds. The summed E-state index contributed by atoms with van der Waals surface area (Å²) in [5, 5.41) is 3.67. The minimum atomic E-state index is -0.438. The van der Waals surface area contributed by atoms with E-state index in [1.807, 2.05) is 54.6 Å². The third-order valence-electron chi connectivity index (χ3n) is 5.88. The van der Waals surface area contributed by atoms with Crippen molar-refractivity contribution in [2.24, 2.45) is 0 Å². The van der Waals surface area contributed by atoms with Crippen molar-refractivity contribution in [1.29, 1.82) is 0 Å². The van der Waals surface area contributed by atoms with Crippen LogP contribution < -0.4 is 5.32 Å². The first-order valence-electron chi connectivity index (χ1n) is 10.6. The van der Waals surface area contributed by atoms with Gasteiger partial charge < -0.3 is 15.0 Å². The fourth-order valence-electron chi connectivity index (χ4n) is 4.35. The number of benzene rings is 3. The number of rotatable bonds is 6. The number of alkyl carbamates (subject to hydrolysis) is 1. The highest BCUT2D eigenvalue weighted by Gasteiger charge is 2.28. The molecule has 158 valence electrons. The zero-order valence-electron chi connectivity index (χ0n) is 17.4. The molecule has 0 radical (unpaired) electrons. The third-order valence-corrected chi connectivity index (χ3v) is 5.88. The van der Waals surface area contributed by atoms with Crippen molar-refractivity contribution in [3.05, 3.63) is 101 Å². The Balaban J connectivity index is 1.17. The summed E-state index contributed by atoms with van der Waals surface area (Å²) in [6.07, 6.45) is 5.89. The molecule has 0 bridgehead atoms. The molecule has 0 unspecified atom stereocenters. The van der Waals surface area contributed by atoms with Crippen molar-refractivity contribution in [3.63, 3.8) is 0 Å². The molecule has 0 aliphatic heterocycles. The van der Waals surface area contributed by atoms with Crippen LogP contribution in [0.25, 0.3) is 28.1 Å². The molecule has 1 aliphatic rings. The van der Waals surface area contributed by atoms with Gasteiger partial charge in [0.1, 0.15) is 6.61 Å². The highest BCUT2D eigenvalue weighted by atomic mass is 16.5. The summed E-state index contributed by atoms with van der Waals surface area (Å²) in [5.74, 6) is 0.0486. The molecule has 32 heavy (non-hydrogen) atoms. The average molecular weight is 422 g/mol. The number of carbonyl (C=O) groups excluding carboxylic acids is 2. The van der Waals surface area contributed by atoms with Gasteiger partial charge >= 0.3 is 6.09 Å². The Kier molecular flexibility index (Phi) is 5.30. The van der Waals surface area contributed by atoms with Crippen LogP contribution >= 0.6 is 0 Å². The SMILES string of the molecule is O=Cc1c[nH]c2cc(C=CCNC(=O)OCC3c4ccccc4-c4ccccc43)ccc12. The largest absolute Gasteiger partial charge is 0.449 e. The van der Waals surface area contributed by atoms with Crippen LogP contribution in [0, 0.1) is 0 Å². The second-order valence-corrected chi connectivity index (χ2v) is 7.78. The van der Waals surface area contributed by atoms with Crippen LogP contribution in [0.1, 0.15) is 33.0 Å². The Morgan fingerprint density at radius 2 is 1.72 bits per heavy atom. The summed E-state index contributed by atoms with van der Waals surface area (Å²) in [5.41, 5.74) is 7.33. The number of aldehydes is 1. The Morgan fingerprint density at radius 1 is 1.00 bits per heavy atom. The van der Waals surface area contributed by atoms with Crippen molar-refractivity contribution in [1.82, 2.24) is 10.3 Å². The Bertz CT molecular complexity index is 1290. The monoisotopic (exact) mass is 422 g/mol. The normalized spacial score (nSPS) is 12.6. The number of hydrogen-bond acceptors (Lipinski definition) is 3. The lowest BCUT2D eigenvalue weighted by molar-refractivity contribution is 0.112. The van der Waals surface area contributed by atoms with Gasteiger partial charge in [0.2, 0.25) is 0 Å². The number of nitrogens with one attached hydrogen (secondary N) is 2. The van der Waals surface area contributed by atoms with Crippen LogP contribution in [-0.2, 0) is 4.74 Å². The van der Waals surface area contributed by atoms with Gasteiger partial charge in [0.15, 0.2) is 6.29 Å². The molecule has 0 atom stereocenters. The van der Waals surface area contributed by atoms with E-state index in [1.54, 1.807) is 6.20 Å². The number of aromatic amines is 1. The van der Waals surface area contributed by atoms with Gasteiger partial charge in [-0.1, -0.05) is 72.8 Å². The smallest absolute Gasteiger partial charge is 0.407 e. The average Bonchev–Trinajstić information content (AvgIpc) is 3.39. The van der Waals surface area contributed by atoms with Gasteiger partial charge in [-0.15, -0.1) is 0 Å². The molecule has 1 aromatic heterocycles. The van der Waals surface area contributed by atoms with E-state index in [0.29, 0.717) is 18.7 Å². The maximum absolute atomic E-state index is 12.2. The van der Waals surface area contributed by atoms with E-state index >= 15 is 0 Å². The van der Waals surface area contributed by atoms with E-state index in [9.17, 15) is 9.59 Å². The fourth-order valence-corrected chi connectivity index (χ4v) is 4.35. The molecule has 1 aliphatic carbocycles. The fraction of sp³-hybridized carbons (Fsp3) is 0.111. The van der Waals surface area contributed by atoms with Gasteiger partial charge in [0.05, 0.1) is 0 Å². The van der Waals surface area contributed by atoms with Gasteiger partial charge in [-0.2, -0.15) is 0 Å². The molecule has 3 aromatic carbocycles. The van der Waals surface area contributed by atoms with Gasteiger partial charge in [-0.3, -0.25) is 4.79 Å². The molecule has 5 rings (SSSR count). The lowest BCUT2D eigenvalue weighted by atomic mass is 9.98. The summed E-state index contributed by atoms with van der Waals surface area (Å²) < 4.78 is 5.54. The van der Waals surface area contributed by atoms with E-state index in [0.717, 1.165) is 22.8 Å². The number of ether oxygens (including phenoxy) is 1. The van der Waals surface area contributed by atoms with E-state index in [4.69, 9.17) is 4.74 Å². The summed E-state index contributed by atoms with van der Waals surface area (Å²) in [7, 11) is 0. The van der Waals surface area contributed by atoms with Crippen molar-refractivity contribution in [2.45, 2.75) is 5.92 Å². The molecular weight excluding hydrogens is 400 g/mol. The topological polar surface area (TPSA) is 71.2 Å². The zero-order valence-corrected chi connectivity index (χ0v) is 17.4. The number of aromatic nitrogens is 1. The molecular formula is C27H22N2O3. The van der Waals surface area contributed by atoms with Gasteiger partial charge in [-0.05, 0) is 33.9 Å². The predicted molar refractivity (Wildman–Crippen MR) is 126 cm³/mol. The van der Waals surface area contributed by atoms with Crippen LogP contribution in [0.5, 0.6) is 0 Å². The number of carbonyl (C=O) groups is 2. The molecule has 0 saturated carbocycles. The van der Waals surface area contributed by atoms with E-state index in [1.165, 1.54) is 22.3 Å². The lowest BCUT2D eigenvalue weighted by Gasteiger charge is -2.14. The van der Waals surface area contributed by atoms with Gasteiger partial charge in [0, 0.05) is 35.1 Å². The molecule has 4 aromatic rings. The highest BCUT2D eigenvalue weighted by molar-refractivity contribution is 5.97. The first-order valence-corrected chi connectivity index (χ1v) is 10.6. The predicted octanol–water partition coefficient (Wildman–Crippen LogP) is 5.53. The van der Waals surface area contributed by atoms with Gasteiger partial charge in [-0.25, -0.2) is 4.79 Å².